The Morgan fingerprint density at radius 1 is 1.26 bits per heavy atom. The van der Waals surface area contributed by atoms with Crippen molar-refractivity contribution in [3.05, 3.63) is 68.9 Å². The van der Waals surface area contributed by atoms with Gasteiger partial charge in [-0.1, -0.05) is 45.7 Å². The second-order valence-electron chi connectivity index (χ2n) is 4.22. The van der Waals surface area contributed by atoms with Crippen LogP contribution in [0.1, 0.15) is 17.2 Å². The molecule has 0 saturated carbocycles. The maximum atomic E-state index is 13.1. The van der Waals surface area contributed by atoms with E-state index in [1.807, 2.05) is 24.3 Å². The smallest absolute Gasteiger partial charge is 0.124 e. The number of halogens is 3. The van der Waals surface area contributed by atoms with Gasteiger partial charge in [-0.05, 0) is 41.8 Å². The molecule has 1 atom stereocenters. The molecule has 2 nitrogen and oxygen atoms in total. The summed E-state index contributed by atoms with van der Waals surface area (Å²) in [7, 11) is 0. The standard InChI is InChI=1S/C14H13BrClFN2/c15-13-8-11(17)4-5-12(13)14(19-18)7-9-2-1-3-10(16)6-9/h1-6,8,14,19H,7,18H2. The average Bonchev–Trinajstić information content (AvgIpc) is 2.37. The van der Waals surface area contributed by atoms with Crippen LogP contribution in [0.4, 0.5) is 4.39 Å². The number of benzene rings is 2. The Morgan fingerprint density at radius 2 is 2.05 bits per heavy atom. The zero-order valence-electron chi connectivity index (χ0n) is 10.0. The zero-order chi connectivity index (χ0) is 13.8. The largest absolute Gasteiger partial charge is 0.271 e. The van der Waals surface area contributed by atoms with Crippen LogP contribution in [0.25, 0.3) is 0 Å². The van der Waals surface area contributed by atoms with Crippen LogP contribution in [-0.2, 0) is 6.42 Å². The number of hydrogen-bond acceptors (Lipinski definition) is 2. The van der Waals surface area contributed by atoms with E-state index in [2.05, 4.69) is 21.4 Å². The summed E-state index contributed by atoms with van der Waals surface area (Å²) in [5, 5.41) is 0.687. The molecule has 0 radical (unpaired) electrons. The van der Waals surface area contributed by atoms with E-state index < -0.39 is 0 Å². The minimum Gasteiger partial charge on any atom is -0.271 e. The topological polar surface area (TPSA) is 38.0 Å². The van der Waals surface area contributed by atoms with Gasteiger partial charge in [0, 0.05) is 9.50 Å². The Labute approximate surface area is 124 Å². The second kappa shape index (κ2) is 6.48. The van der Waals surface area contributed by atoms with Gasteiger partial charge >= 0.3 is 0 Å². The molecule has 0 aliphatic heterocycles. The number of nitrogens with two attached hydrogens (primary N) is 1. The van der Waals surface area contributed by atoms with Crippen LogP contribution in [-0.4, -0.2) is 0 Å². The normalized spacial score (nSPS) is 12.4. The zero-order valence-corrected chi connectivity index (χ0v) is 12.4. The molecule has 0 amide bonds. The van der Waals surface area contributed by atoms with Crippen LogP contribution < -0.4 is 11.3 Å². The molecule has 0 fully saturated rings. The van der Waals surface area contributed by atoms with Crippen molar-refractivity contribution in [3.63, 3.8) is 0 Å². The Bertz CT molecular complexity index is 577. The van der Waals surface area contributed by atoms with Gasteiger partial charge in [0.1, 0.15) is 5.82 Å². The summed E-state index contributed by atoms with van der Waals surface area (Å²) in [6.45, 7) is 0. The number of hydrazine groups is 1. The molecule has 1 unspecified atom stereocenters. The van der Waals surface area contributed by atoms with Crippen LogP contribution in [0, 0.1) is 5.82 Å². The van der Waals surface area contributed by atoms with Crippen molar-refractivity contribution >= 4 is 27.5 Å². The van der Waals surface area contributed by atoms with Crippen LogP contribution in [0.5, 0.6) is 0 Å². The summed E-state index contributed by atoms with van der Waals surface area (Å²) >= 11 is 9.31. The van der Waals surface area contributed by atoms with Gasteiger partial charge in [-0.2, -0.15) is 0 Å². The summed E-state index contributed by atoms with van der Waals surface area (Å²) in [6, 6.07) is 12.0. The molecule has 0 saturated heterocycles. The molecule has 100 valence electrons. The molecule has 2 rings (SSSR count). The number of nitrogens with one attached hydrogen (secondary N) is 1. The molecule has 0 aliphatic rings. The Hall–Kier alpha value is -0.940. The van der Waals surface area contributed by atoms with Gasteiger partial charge in [-0.25, -0.2) is 4.39 Å². The predicted octanol–water partition coefficient (Wildman–Crippen LogP) is 3.99. The van der Waals surface area contributed by atoms with Crippen molar-refractivity contribution in [2.75, 3.05) is 0 Å². The predicted molar refractivity (Wildman–Crippen MR) is 79.3 cm³/mol. The highest BCUT2D eigenvalue weighted by Crippen LogP contribution is 2.27. The van der Waals surface area contributed by atoms with E-state index in [0.29, 0.717) is 15.9 Å². The third-order valence-electron chi connectivity index (χ3n) is 2.87. The van der Waals surface area contributed by atoms with Gasteiger partial charge in [0.15, 0.2) is 0 Å². The first-order valence-electron chi connectivity index (χ1n) is 5.75. The highest BCUT2D eigenvalue weighted by Gasteiger charge is 2.14. The van der Waals surface area contributed by atoms with Gasteiger partial charge in [-0.15, -0.1) is 0 Å². The van der Waals surface area contributed by atoms with E-state index in [1.54, 1.807) is 6.07 Å². The van der Waals surface area contributed by atoms with E-state index in [-0.39, 0.29) is 11.9 Å². The molecule has 2 aromatic rings. The summed E-state index contributed by atoms with van der Waals surface area (Å²) in [4.78, 5) is 0. The average molecular weight is 344 g/mol. The second-order valence-corrected chi connectivity index (χ2v) is 5.51. The van der Waals surface area contributed by atoms with Gasteiger partial charge < -0.3 is 0 Å². The van der Waals surface area contributed by atoms with Crippen LogP contribution in [0.3, 0.4) is 0 Å². The molecule has 2 aromatic carbocycles. The fourth-order valence-corrected chi connectivity index (χ4v) is 2.78. The minimum absolute atomic E-state index is 0.117. The SMILES string of the molecule is NNC(Cc1cccc(Cl)c1)c1ccc(F)cc1Br. The van der Waals surface area contributed by atoms with Crippen molar-refractivity contribution in [3.8, 4) is 0 Å². The Kier molecular flexibility index (Phi) is 4.93. The van der Waals surface area contributed by atoms with E-state index in [1.165, 1.54) is 12.1 Å². The lowest BCUT2D eigenvalue weighted by molar-refractivity contribution is 0.547. The first-order chi connectivity index (χ1) is 9.10. The molecule has 19 heavy (non-hydrogen) atoms. The summed E-state index contributed by atoms with van der Waals surface area (Å²) < 4.78 is 13.8. The molecule has 3 N–H and O–H groups in total. The summed E-state index contributed by atoms with van der Waals surface area (Å²) in [6.07, 6.45) is 0.668. The lowest BCUT2D eigenvalue weighted by Gasteiger charge is -2.18. The lowest BCUT2D eigenvalue weighted by atomic mass is 9.99. The molecule has 0 heterocycles. The minimum atomic E-state index is -0.283. The lowest BCUT2D eigenvalue weighted by Crippen LogP contribution is -2.29. The first kappa shape index (κ1) is 14.5. The van der Waals surface area contributed by atoms with Crippen LogP contribution >= 0.6 is 27.5 Å². The maximum Gasteiger partial charge on any atom is 0.124 e. The fraction of sp³-hybridized carbons (Fsp3) is 0.143. The fourth-order valence-electron chi connectivity index (χ4n) is 1.94. The van der Waals surface area contributed by atoms with Crippen molar-refractivity contribution in [1.82, 2.24) is 5.43 Å². The van der Waals surface area contributed by atoms with E-state index in [0.717, 1.165) is 11.1 Å². The van der Waals surface area contributed by atoms with Crippen molar-refractivity contribution in [1.29, 1.82) is 0 Å². The van der Waals surface area contributed by atoms with E-state index in [4.69, 9.17) is 17.4 Å². The third-order valence-corrected chi connectivity index (χ3v) is 3.79. The summed E-state index contributed by atoms with van der Waals surface area (Å²) in [5.41, 5.74) is 4.72. The number of rotatable bonds is 4. The Balaban J connectivity index is 2.25. The highest BCUT2D eigenvalue weighted by atomic mass is 79.9. The molecular weight excluding hydrogens is 331 g/mol. The first-order valence-corrected chi connectivity index (χ1v) is 6.93. The molecule has 0 aliphatic carbocycles. The summed E-state index contributed by atoms with van der Waals surface area (Å²) in [5.74, 6) is 5.32. The number of hydrogen-bond donors (Lipinski definition) is 2. The van der Waals surface area contributed by atoms with Crippen molar-refractivity contribution in [2.45, 2.75) is 12.5 Å². The Morgan fingerprint density at radius 3 is 2.68 bits per heavy atom. The molecule has 0 bridgehead atoms. The van der Waals surface area contributed by atoms with Gasteiger partial charge in [0.25, 0.3) is 0 Å². The van der Waals surface area contributed by atoms with Crippen molar-refractivity contribution in [2.24, 2.45) is 5.84 Å². The van der Waals surface area contributed by atoms with Crippen LogP contribution in [0.2, 0.25) is 5.02 Å². The molecule has 0 aromatic heterocycles. The monoisotopic (exact) mass is 342 g/mol. The van der Waals surface area contributed by atoms with E-state index in [9.17, 15) is 4.39 Å². The third kappa shape index (κ3) is 3.76. The molecule has 0 spiro atoms. The molecular formula is C14H13BrClFN2. The highest BCUT2D eigenvalue weighted by molar-refractivity contribution is 9.10. The van der Waals surface area contributed by atoms with Crippen molar-refractivity contribution < 1.29 is 4.39 Å². The van der Waals surface area contributed by atoms with Gasteiger partial charge in [-0.3, -0.25) is 11.3 Å². The van der Waals surface area contributed by atoms with E-state index >= 15 is 0 Å². The van der Waals surface area contributed by atoms with Gasteiger partial charge in [0.2, 0.25) is 0 Å². The molecule has 5 heteroatoms. The maximum absolute atomic E-state index is 13.1. The van der Waals surface area contributed by atoms with Gasteiger partial charge in [0.05, 0.1) is 6.04 Å². The quantitative estimate of drug-likeness (QED) is 0.651. The van der Waals surface area contributed by atoms with Crippen LogP contribution in [0.15, 0.2) is 46.9 Å².